The molecule has 1 aromatic heterocycles. The molecule has 0 amide bonds. The Bertz CT molecular complexity index is 342. The fraction of sp³-hybridized carbons (Fsp3) is 0.667. The predicted octanol–water partition coefficient (Wildman–Crippen LogP) is 0.977. The number of nitrogens with two attached hydrogens (primary N) is 1. The van der Waals surface area contributed by atoms with Gasteiger partial charge in [0, 0.05) is 57.2 Å². The third kappa shape index (κ3) is 2.62. The van der Waals surface area contributed by atoms with Crippen molar-refractivity contribution in [3.05, 3.63) is 23.8 Å². The van der Waals surface area contributed by atoms with E-state index in [1.54, 1.807) is 12.4 Å². The SMILES string of the molecule is CCOC1(c2ncc(CN)cn2)CCOCC1. The highest BCUT2D eigenvalue weighted by atomic mass is 16.5. The normalized spacial score (nSPS) is 19.2. The fourth-order valence-electron chi connectivity index (χ4n) is 2.11. The highest BCUT2D eigenvalue weighted by molar-refractivity contribution is 5.10. The molecule has 1 fully saturated rings. The van der Waals surface area contributed by atoms with E-state index in [2.05, 4.69) is 9.97 Å². The Balaban J connectivity index is 2.24. The lowest BCUT2D eigenvalue weighted by atomic mass is 9.93. The van der Waals surface area contributed by atoms with Crippen molar-refractivity contribution in [2.75, 3.05) is 19.8 Å². The summed E-state index contributed by atoms with van der Waals surface area (Å²) >= 11 is 0. The zero-order chi connectivity index (χ0) is 12.1. The van der Waals surface area contributed by atoms with Crippen LogP contribution >= 0.6 is 0 Å². The van der Waals surface area contributed by atoms with Gasteiger partial charge in [-0.25, -0.2) is 9.97 Å². The maximum Gasteiger partial charge on any atom is 0.160 e. The van der Waals surface area contributed by atoms with Crippen molar-refractivity contribution in [2.24, 2.45) is 5.73 Å². The molecule has 5 nitrogen and oxygen atoms in total. The van der Waals surface area contributed by atoms with Gasteiger partial charge in [0.05, 0.1) is 0 Å². The topological polar surface area (TPSA) is 70.3 Å². The Hall–Kier alpha value is -1.04. The summed E-state index contributed by atoms with van der Waals surface area (Å²) in [7, 11) is 0. The van der Waals surface area contributed by atoms with Crippen LogP contribution in [0.2, 0.25) is 0 Å². The second kappa shape index (κ2) is 5.53. The van der Waals surface area contributed by atoms with E-state index in [4.69, 9.17) is 15.2 Å². The molecule has 2 rings (SSSR count). The lowest BCUT2D eigenvalue weighted by Gasteiger charge is -2.35. The minimum Gasteiger partial charge on any atom is -0.381 e. The summed E-state index contributed by atoms with van der Waals surface area (Å²) in [5, 5.41) is 0. The molecule has 2 heterocycles. The molecule has 1 aromatic rings. The van der Waals surface area contributed by atoms with Gasteiger partial charge in [-0.1, -0.05) is 0 Å². The van der Waals surface area contributed by atoms with Crippen LogP contribution in [0.1, 0.15) is 31.2 Å². The molecular formula is C12H19N3O2. The summed E-state index contributed by atoms with van der Waals surface area (Å²) in [4.78, 5) is 8.78. The molecule has 0 atom stereocenters. The highest BCUT2D eigenvalue weighted by Crippen LogP contribution is 2.33. The van der Waals surface area contributed by atoms with Gasteiger partial charge >= 0.3 is 0 Å². The van der Waals surface area contributed by atoms with Gasteiger partial charge in [-0.3, -0.25) is 0 Å². The van der Waals surface area contributed by atoms with Crippen LogP contribution in [0.3, 0.4) is 0 Å². The van der Waals surface area contributed by atoms with Crippen LogP contribution < -0.4 is 5.73 Å². The standard InChI is InChI=1S/C12H19N3O2/c1-2-17-12(3-5-16-6-4-12)11-14-8-10(7-13)9-15-11/h8-9H,2-7,13H2,1H3. The molecule has 1 aliphatic heterocycles. The van der Waals surface area contributed by atoms with Crippen LogP contribution in [0.15, 0.2) is 12.4 Å². The van der Waals surface area contributed by atoms with E-state index in [1.165, 1.54) is 0 Å². The quantitative estimate of drug-likeness (QED) is 0.845. The second-order valence-corrected chi connectivity index (χ2v) is 4.16. The zero-order valence-corrected chi connectivity index (χ0v) is 10.2. The molecule has 17 heavy (non-hydrogen) atoms. The fourth-order valence-corrected chi connectivity index (χ4v) is 2.11. The predicted molar refractivity (Wildman–Crippen MR) is 63.3 cm³/mol. The molecule has 2 N–H and O–H groups in total. The average Bonchev–Trinajstić information content (AvgIpc) is 2.40. The van der Waals surface area contributed by atoms with E-state index < -0.39 is 0 Å². The number of ether oxygens (including phenoxy) is 2. The zero-order valence-electron chi connectivity index (χ0n) is 10.2. The summed E-state index contributed by atoms with van der Waals surface area (Å²) in [6.07, 6.45) is 5.17. The van der Waals surface area contributed by atoms with Crippen LogP contribution in [-0.4, -0.2) is 29.8 Å². The molecule has 5 heteroatoms. The molecule has 0 aliphatic carbocycles. The molecule has 0 radical (unpaired) electrons. The monoisotopic (exact) mass is 237 g/mol. The van der Waals surface area contributed by atoms with Crippen molar-refractivity contribution in [3.8, 4) is 0 Å². The summed E-state index contributed by atoms with van der Waals surface area (Å²) in [6, 6.07) is 0. The maximum absolute atomic E-state index is 5.89. The molecule has 0 saturated carbocycles. The minimum absolute atomic E-state index is 0.375. The Morgan fingerprint density at radius 2 is 2.00 bits per heavy atom. The first kappa shape index (κ1) is 12.4. The van der Waals surface area contributed by atoms with Gasteiger partial charge < -0.3 is 15.2 Å². The third-order valence-electron chi connectivity index (χ3n) is 3.07. The van der Waals surface area contributed by atoms with Gasteiger partial charge in [-0.05, 0) is 6.92 Å². The van der Waals surface area contributed by atoms with E-state index >= 15 is 0 Å². The minimum atomic E-state index is -0.375. The molecule has 0 bridgehead atoms. The molecule has 1 saturated heterocycles. The molecule has 0 unspecified atom stereocenters. The van der Waals surface area contributed by atoms with Crippen LogP contribution in [-0.2, 0) is 21.6 Å². The van der Waals surface area contributed by atoms with Crippen molar-refractivity contribution in [1.29, 1.82) is 0 Å². The van der Waals surface area contributed by atoms with Crippen molar-refractivity contribution >= 4 is 0 Å². The number of hydrogen-bond acceptors (Lipinski definition) is 5. The molecular weight excluding hydrogens is 218 g/mol. The molecule has 1 aliphatic rings. The van der Waals surface area contributed by atoms with Gasteiger partial charge in [0.15, 0.2) is 5.82 Å². The van der Waals surface area contributed by atoms with Crippen LogP contribution in [0.25, 0.3) is 0 Å². The Kier molecular flexibility index (Phi) is 4.04. The number of aromatic nitrogens is 2. The van der Waals surface area contributed by atoms with Crippen molar-refractivity contribution in [1.82, 2.24) is 9.97 Å². The molecule has 0 aromatic carbocycles. The van der Waals surface area contributed by atoms with E-state index in [9.17, 15) is 0 Å². The van der Waals surface area contributed by atoms with Crippen molar-refractivity contribution in [3.63, 3.8) is 0 Å². The third-order valence-corrected chi connectivity index (χ3v) is 3.07. The first-order chi connectivity index (χ1) is 8.30. The lowest BCUT2D eigenvalue weighted by Crippen LogP contribution is -2.38. The smallest absolute Gasteiger partial charge is 0.160 e. The summed E-state index contributed by atoms with van der Waals surface area (Å²) in [5.74, 6) is 0.750. The summed E-state index contributed by atoms with van der Waals surface area (Å²) in [6.45, 7) is 4.50. The van der Waals surface area contributed by atoms with Gasteiger partial charge in [-0.15, -0.1) is 0 Å². The van der Waals surface area contributed by atoms with Gasteiger partial charge in [0.2, 0.25) is 0 Å². The first-order valence-corrected chi connectivity index (χ1v) is 6.04. The summed E-state index contributed by atoms with van der Waals surface area (Å²) < 4.78 is 11.3. The Morgan fingerprint density at radius 3 is 2.53 bits per heavy atom. The van der Waals surface area contributed by atoms with Crippen molar-refractivity contribution in [2.45, 2.75) is 31.9 Å². The van der Waals surface area contributed by atoms with Gasteiger partial charge in [-0.2, -0.15) is 0 Å². The van der Waals surface area contributed by atoms with Crippen LogP contribution in [0, 0.1) is 0 Å². The number of rotatable bonds is 4. The van der Waals surface area contributed by atoms with Crippen molar-refractivity contribution < 1.29 is 9.47 Å². The van der Waals surface area contributed by atoms with Crippen LogP contribution in [0.5, 0.6) is 0 Å². The van der Waals surface area contributed by atoms with Gasteiger partial charge in [0.25, 0.3) is 0 Å². The molecule has 0 spiro atoms. The largest absolute Gasteiger partial charge is 0.381 e. The van der Waals surface area contributed by atoms with E-state index in [0.29, 0.717) is 26.4 Å². The van der Waals surface area contributed by atoms with E-state index in [1.807, 2.05) is 6.92 Å². The average molecular weight is 237 g/mol. The van der Waals surface area contributed by atoms with E-state index in [0.717, 1.165) is 24.2 Å². The number of nitrogens with zero attached hydrogens (tertiary/aromatic N) is 2. The Morgan fingerprint density at radius 1 is 1.35 bits per heavy atom. The Labute approximate surface area is 101 Å². The second-order valence-electron chi connectivity index (χ2n) is 4.16. The summed E-state index contributed by atoms with van der Waals surface area (Å²) in [5.41, 5.74) is 6.10. The number of hydrogen-bond donors (Lipinski definition) is 1. The maximum atomic E-state index is 5.89. The highest BCUT2D eigenvalue weighted by Gasteiger charge is 2.37. The molecule has 94 valence electrons. The van der Waals surface area contributed by atoms with E-state index in [-0.39, 0.29) is 5.60 Å². The first-order valence-electron chi connectivity index (χ1n) is 6.04. The van der Waals surface area contributed by atoms with Gasteiger partial charge in [0.1, 0.15) is 5.60 Å². The lowest BCUT2D eigenvalue weighted by molar-refractivity contribution is -0.117. The van der Waals surface area contributed by atoms with Crippen LogP contribution in [0.4, 0.5) is 0 Å².